The maximum Gasteiger partial charge on any atom is 0.262 e. The number of fused-ring (bicyclic) bond motifs is 1. The van der Waals surface area contributed by atoms with Gasteiger partial charge < -0.3 is 9.88 Å². The van der Waals surface area contributed by atoms with Crippen molar-refractivity contribution in [2.45, 2.75) is 39.3 Å². The van der Waals surface area contributed by atoms with Crippen molar-refractivity contribution in [1.29, 1.82) is 0 Å². The predicted molar refractivity (Wildman–Crippen MR) is 154 cm³/mol. The molecule has 0 spiro atoms. The number of carbonyl (C=O) groups is 2. The summed E-state index contributed by atoms with van der Waals surface area (Å²) in [5.74, 6) is -1.27. The van der Waals surface area contributed by atoms with Crippen molar-refractivity contribution in [2.24, 2.45) is 11.0 Å². The molecule has 0 aliphatic carbocycles. The van der Waals surface area contributed by atoms with Crippen LogP contribution >= 0.6 is 0 Å². The first-order valence-corrected chi connectivity index (χ1v) is 12.8. The van der Waals surface area contributed by atoms with Crippen molar-refractivity contribution in [1.82, 2.24) is 15.3 Å². The number of benzene rings is 3. The van der Waals surface area contributed by atoms with Gasteiger partial charge in [0.2, 0.25) is 5.91 Å². The second-order valence-corrected chi connectivity index (χ2v) is 9.63. The topological polar surface area (TPSA) is 75.5 Å². The minimum absolute atomic E-state index is 0.141. The van der Waals surface area contributed by atoms with Crippen molar-refractivity contribution in [2.75, 3.05) is 0 Å². The lowest BCUT2D eigenvalue weighted by molar-refractivity contribution is -0.130. The van der Waals surface area contributed by atoms with Gasteiger partial charge in [-0.1, -0.05) is 98.8 Å². The van der Waals surface area contributed by atoms with Crippen molar-refractivity contribution in [3.63, 3.8) is 0 Å². The third kappa shape index (κ3) is 5.75. The van der Waals surface area contributed by atoms with E-state index in [1.54, 1.807) is 6.21 Å². The molecule has 0 radical (unpaired) electrons. The van der Waals surface area contributed by atoms with Crippen LogP contribution < -0.4 is 10.7 Å². The first kappa shape index (κ1) is 26.6. The molecule has 4 aromatic rings. The average molecular weight is 507 g/mol. The predicted octanol–water partition coefficient (Wildman–Crippen LogP) is 5.56. The Morgan fingerprint density at radius 3 is 2.05 bits per heavy atom. The fourth-order valence-corrected chi connectivity index (χ4v) is 4.77. The molecular weight excluding hydrogens is 472 g/mol. The minimum atomic E-state index is -0.752. The normalized spacial score (nSPS) is 12.2. The fraction of sp³-hybridized carbons (Fsp3) is 0.219. The average Bonchev–Trinajstić information content (AvgIpc) is 3.19. The van der Waals surface area contributed by atoms with Gasteiger partial charge in [-0.05, 0) is 30.0 Å². The number of aromatic nitrogens is 1. The second kappa shape index (κ2) is 12.2. The summed E-state index contributed by atoms with van der Waals surface area (Å²) in [5.41, 5.74) is 7.43. The molecule has 3 aromatic carbocycles. The smallest absolute Gasteiger partial charge is 0.262 e. The molecule has 0 bridgehead atoms. The van der Waals surface area contributed by atoms with Gasteiger partial charge in [-0.25, -0.2) is 5.43 Å². The molecule has 0 unspecified atom stereocenters. The first-order valence-electron chi connectivity index (χ1n) is 12.8. The maximum atomic E-state index is 13.6. The van der Waals surface area contributed by atoms with Gasteiger partial charge in [-0.2, -0.15) is 5.10 Å². The van der Waals surface area contributed by atoms with E-state index in [4.69, 9.17) is 0 Å². The monoisotopic (exact) mass is 506 g/mol. The Balaban J connectivity index is 1.54. The molecule has 0 aliphatic rings. The Bertz CT molecular complexity index is 1400. The van der Waals surface area contributed by atoms with E-state index in [1.165, 1.54) is 0 Å². The number of para-hydroxylation sites is 1. The lowest BCUT2D eigenvalue weighted by Gasteiger charge is -2.24. The molecule has 1 atom stereocenters. The van der Waals surface area contributed by atoms with Gasteiger partial charge in [0.1, 0.15) is 6.04 Å². The summed E-state index contributed by atoms with van der Waals surface area (Å²) in [6, 6.07) is 26.5. The van der Waals surface area contributed by atoms with Crippen LogP contribution in [0.5, 0.6) is 0 Å². The molecule has 2 N–H and O–H groups in total. The van der Waals surface area contributed by atoms with Crippen molar-refractivity contribution < 1.29 is 9.59 Å². The fourth-order valence-electron chi connectivity index (χ4n) is 4.77. The molecule has 0 saturated heterocycles. The number of nitrogens with one attached hydrogen (secondary N) is 2. The second-order valence-electron chi connectivity index (χ2n) is 9.63. The number of allylic oxidation sites excluding steroid dienone is 1. The van der Waals surface area contributed by atoms with E-state index >= 15 is 0 Å². The van der Waals surface area contributed by atoms with E-state index in [1.807, 2.05) is 106 Å². The first-order chi connectivity index (χ1) is 18.4. The van der Waals surface area contributed by atoms with E-state index in [-0.39, 0.29) is 17.7 Å². The molecule has 0 saturated carbocycles. The number of nitrogens with zero attached hydrogens (tertiary/aromatic N) is 2. The number of hydrogen-bond donors (Lipinski definition) is 2. The van der Waals surface area contributed by atoms with Crippen LogP contribution in [0.4, 0.5) is 0 Å². The zero-order valence-electron chi connectivity index (χ0n) is 22.1. The lowest BCUT2D eigenvalue weighted by Crippen LogP contribution is -2.50. The van der Waals surface area contributed by atoms with Crippen LogP contribution in [0, 0.1) is 12.8 Å². The van der Waals surface area contributed by atoms with Gasteiger partial charge in [0.25, 0.3) is 5.91 Å². The van der Waals surface area contributed by atoms with Crippen LogP contribution in [0.25, 0.3) is 10.9 Å². The Hall–Kier alpha value is -4.45. The highest BCUT2D eigenvalue weighted by molar-refractivity contribution is 6.01. The molecular formula is C32H34N4O2. The highest BCUT2D eigenvalue weighted by Gasteiger charge is 2.29. The third-order valence-electron chi connectivity index (χ3n) is 6.73. The molecule has 6 nitrogen and oxygen atoms in total. The Labute approximate surface area is 224 Å². The zero-order chi connectivity index (χ0) is 27.1. The largest absolute Gasteiger partial charge is 0.343 e. The number of carbonyl (C=O) groups excluding carboxylic acids is 2. The van der Waals surface area contributed by atoms with Crippen LogP contribution in [-0.4, -0.2) is 28.6 Å². The van der Waals surface area contributed by atoms with Gasteiger partial charge in [-0.3, -0.25) is 9.59 Å². The minimum Gasteiger partial charge on any atom is -0.343 e. The molecule has 0 aliphatic heterocycles. The van der Waals surface area contributed by atoms with Crippen molar-refractivity contribution in [3.05, 3.63) is 120 Å². The molecule has 0 fully saturated rings. The van der Waals surface area contributed by atoms with E-state index < -0.39 is 12.0 Å². The Morgan fingerprint density at radius 2 is 1.47 bits per heavy atom. The maximum absolute atomic E-state index is 13.6. The molecule has 194 valence electrons. The van der Waals surface area contributed by atoms with Crippen LogP contribution in [0.15, 0.2) is 103 Å². The molecule has 38 heavy (non-hydrogen) atoms. The number of hydrazone groups is 1. The van der Waals surface area contributed by atoms with Gasteiger partial charge in [0, 0.05) is 28.7 Å². The number of hydrogen-bond acceptors (Lipinski definition) is 3. The summed E-state index contributed by atoms with van der Waals surface area (Å²) in [7, 11) is 0. The summed E-state index contributed by atoms with van der Waals surface area (Å²) < 4.78 is 2.16. The molecule has 1 aromatic heterocycles. The van der Waals surface area contributed by atoms with Crippen LogP contribution in [0.1, 0.15) is 42.1 Å². The van der Waals surface area contributed by atoms with Gasteiger partial charge >= 0.3 is 0 Å². The van der Waals surface area contributed by atoms with E-state index in [2.05, 4.69) is 33.1 Å². The van der Waals surface area contributed by atoms with E-state index in [0.717, 1.165) is 33.3 Å². The summed E-state index contributed by atoms with van der Waals surface area (Å²) in [6.45, 7) is 10.4. The number of rotatable bonds is 10. The van der Waals surface area contributed by atoms with Gasteiger partial charge in [0.05, 0.1) is 12.1 Å². The summed E-state index contributed by atoms with van der Waals surface area (Å²) >= 11 is 0. The molecule has 2 amide bonds. The Kier molecular flexibility index (Phi) is 8.54. The summed E-state index contributed by atoms with van der Waals surface area (Å²) in [6.07, 6.45) is 3.53. The zero-order valence-corrected chi connectivity index (χ0v) is 22.1. The summed E-state index contributed by atoms with van der Waals surface area (Å²) in [4.78, 5) is 26.8. The number of amides is 2. The quantitative estimate of drug-likeness (QED) is 0.168. The standard InChI is InChI=1S/C32H34N4O2/c1-5-20-36-23(4)27(26-18-12-13-19-28(26)36)21-33-35-32(38)30(22(2)3)34-31(37)29(24-14-8-6-9-15-24)25-16-10-7-11-17-25/h5-19,21-22,29-30H,1,20H2,2-4H3,(H,34,37)(H,35,38)/b33-21-/t30-/m1/s1. The molecule has 1 heterocycles. The SMILES string of the molecule is C=CCn1c(C)c(/C=N\NC(=O)[C@H](NC(=O)C(c2ccccc2)c2ccccc2)C(C)C)c2ccccc21. The molecule has 4 rings (SSSR count). The van der Waals surface area contributed by atoms with Gasteiger partial charge in [0.15, 0.2) is 0 Å². The van der Waals surface area contributed by atoms with Crippen LogP contribution in [0.3, 0.4) is 0 Å². The van der Waals surface area contributed by atoms with E-state index in [0.29, 0.717) is 6.54 Å². The van der Waals surface area contributed by atoms with Crippen molar-refractivity contribution in [3.8, 4) is 0 Å². The van der Waals surface area contributed by atoms with E-state index in [9.17, 15) is 9.59 Å². The highest BCUT2D eigenvalue weighted by Crippen LogP contribution is 2.26. The van der Waals surface area contributed by atoms with Gasteiger partial charge in [-0.15, -0.1) is 6.58 Å². The van der Waals surface area contributed by atoms with Crippen molar-refractivity contribution >= 4 is 28.9 Å². The van der Waals surface area contributed by atoms with Crippen LogP contribution in [0.2, 0.25) is 0 Å². The molecule has 6 heteroatoms. The highest BCUT2D eigenvalue weighted by atomic mass is 16.2. The van der Waals surface area contributed by atoms with Crippen LogP contribution in [-0.2, 0) is 16.1 Å². The third-order valence-corrected chi connectivity index (χ3v) is 6.73. The summed E-state index contributed by atoms with van der Waals surface area (Å²) in [5, 5.41) is 8.31. The Morgan fingerprint density at radius 1 is 0.895 bits per heavy atom. The lowest BCUT2D eigenvalue weighted by atomic mass is 9.89.